The Bertz CT molecular complexity index is 338. The Labute approximate surface area is 92.6 Å². The highest BCUT2D eigenvalue weighted by atomic mass is 32.2. The van der Waals surface area contributed by atoms with Crippen LogP contribution in [-0.2, 0) is 12.8 Å². The van der Waals surface area contributed by atoms with Gasteiger partial charge in [0, 0.05) is 12.8 Å². The van der Waals surface area contributed by atoms with Gasteiger partial charge in [-0.25, -0.2) is 4.79 Å². The van der Waals surface area contributed by atoms with Gasteiger partial charge >= 0.3 is 5.97 Å². The van der Waals surface area contributed by atoms with Gasteiger partial charge in [-0.1, -0.05) is 0 Å². The van der Waals surface area contributed by atoms with Crippen LogP contribution in [0.2, 0.25) is 0 Å². The third-order valence-electron chi connectivity index (χ3n) is 2.02. The van der Waals surface area contributed by atoms with Gasteiger partial charge in [-0.3, -0.25) is 4.68 Å². The summed E-state index contributed by atoms with van der Waals surface area (Å²) in [4.78, 5) is 10.8. The van der Waals surface area contributed by atoms with Crippen molar-refractivity contribution in [2.75, 3.05) is 12.3 Å². The Balaban J connectivity index is 2.58. The molecule has 1 aromatic rings. The summed E-state index contributed by atoms with van der Waals surface area (Å²) in [6.45, 7) is 0.671. The Kier molecular flexibility index (Phi) is 4.64. The second-order valence-corrected chi connectivity index (χ2v) is 4.23. The van der Waals surface area contributed by atoms with E-state index in [1.807, 2.05) is 0 Å². The van der Waals surface area contributed by atoms with Gasteiger partial charge in [-0.2, -0.15) is 16.9 Å². The standard InChI is InChI=1S/C9H15N3O2S/c1-12-8(6-15-4-2-3-10)7(5-11-12)9(13)14/h5H,2-4,6,10H2,1H3,(H,13,14). The summed E-state index contributed by atoms with van der Waals surface area (Å²) in [5.74, 6) is 0.691. The smallest absolute Gasteiger partial charge is 0.339 e. The van der Waals surface area contributed by atoms with Crippen molar-refractivity contribution >= 4 is 17.7 Å². The molecule has 0 unspecified atom stereocenters. The molecule has 0 atom stereocenters. The zero-order valence-electron chi connectivity index (χ0n) is 8.64. The number of thioether (sulfide) groups is 1. The molecule has 1 heterocycles. The number of nitrogens with zero attached hydrogens (tertiary/aromatic N) is 2. The van der Waals surface area contributed by atoms with Crippen molar-refractivity contribution in [1.82, 2.24) is 9.78 Å². The van der Waals surface area contributed by atoms with Crippen molar-refractivity contribution in [2.45, 2.75) is 12.2 Å². The first kappa shape index (κ1) is 12.1. The molecule has 0 spiro atoms. The van der Waals surface area contributed by atoms with Crippen LogP contribution < -0.4 is 5.73 Å². The Hall–Kier alpha value is -1.01. The average molecular weight is 229 g/mol. The normalized spacial score (nSPS) is 10.5. The molecule has 84 valence electrons. The van der Waals surface area contributed by atoms with E-state index in [-0.39, 0.29) is 5.56 Å². The number of carboxylic acids is 1. The molecule has 0 saturated carbocycles. The topological polar surface area (TPSA) is 81.1 Å². The van der Waals surface area contributed by atoms with E-state index in [0.717, 1.165) is 17.9 Å². The minimum absolute atomic E-state index is 0.290. The molecule has 15 heavy (non-hydrogen) atoms. The van der Waals surface area contributed by atoms with Gasteiger partial charge in [0.15, 0.2) is 0 Å². The van der Waals surface area contributed by atoms with Crippen LogP contribution in [0.5, 0.6) is 0 Å². The van der Waals surface area contributed by atoms with Crippen LogP contribution in [-0.4, -0.2) is 33.2 Å². The fourth-order valence-electron chi connectivity index (χ4n) is 1.17. The van der Waals surface area contributed by atoms with E-state index >= 15 is 0 Å². The first-order chi connectivity index (χ1) is 7.16. The molecule has 3 N–H and O–H groups in total. The highest BCUT2D eigenvalue weighted by Gasteiger charge is 2.14. The molecule has 0 amide bonds. The number of aromatic carboxylic acids is 1. The third kappa shape index (κ3) is 3.24. The van der Waals surface area contributed by atoms with E-state index in [2.05, 4.69) is 5.10 Å². The summed E-state index contributed by atoms with van der Waals surface area (Å²) >= 11 is 1.68. The van der Waals surface area contributed by atoms with Crippen molar-refractivity contribution in [3.8, 4) is 0 Å². The molecular formula is C9H15N3O2S. The average Bonchev–Trinajstić information content (AvgIpc) is 2.55. The number of hydrogen-bond donors (Lipinski definition) is 2. The van der Waals surface area contributed by atoms with Crippen LogP contribution in [0.15, 0.2) is 6.20 Å². The van der Waals surface area contributed by atoms with Gasteiger partial charge in [0.05, 0.1) is 11.9 Å². The van der Waals surface area contributed by atoms with E-state index in [0.29, 0.717) is 12.3 Å². The molecule has 0 aliphatic rings. The molecule has 0 saturated heterocycles. The minimum atomic E-state index is -0.919. The van der Waals surface area contributed by atoms with E-state index in [9.17, 15) is 4.79 Å². The number of rotatable bonds is 6. The van der Waals surface area contributed by atoms with Gasteiger partial charge in [0.25, 0.3) is 0 Å². The molecule has 0 bridgehead atoms. The lowest BCUT2D eigenvalue weighted by atomic mass is 10.3. The maximum atomic E-state index is 10.8. The summed E-state index contributed by atoms with van der Waals surface area (Å²) in [5.41, 5.74) is 6.41. The second-order valence-electron chi connectivity index (χ2n) is 3.13. The molecule has 5 nitrogen and oxygen atoms in total. The van der Waals surface area contributed by atoms with Crippen LogP contribution in [0.1, 0.15) is 22.5 Å². The van der Waals surface area contributed by atoms with E-state index in [4.69, 9.17) is 10.8 Å². The van der Waals surface area contributed by atoms with Crippen molar-refractivity contribution in [3.63, 3.8) is 0 Å². The van der Waals surface area contributed by atoms with Crippen LogP contribution in [0.4, 0.5) is 0 Å². The number of hydrogen-bond acceptors (Lipinski definition) is 4. The number of aryl methyl sites for hydroxylation is 1. The van der Waals surface area contributed by atoms with Gasteiger partial charge < -0.3 is 10.8 Å². The van der Waals surface area contributed by atoms with Crippen molar-refractivity contribution in [2.24, 2.45) is 12.8 Å². The summed E-state index contributed by atoms with van der Waals surface area (Å²) in [5, 5.41) is 12.8. The van der Waals surface area contributed by atoms with Gasteiger partial charge in [-0.15, -0.1) is 0 Å². The highest BCUT2D eigenvalue weighted by Crippen LogP contribution is 2.16. The fraction of sp³-hybridized carbons (Fsp3) is 0.556. The summed E-state index contributed by atoms with van der Waals surface area (Å²) in [6, 6.07) is 0. The Morgan fingerprint density at radius 3 is 3.07 bits per heavy atom. The van der Waals surface area contributed by atoms with Crippen LogP contribution in [0.25, 0.3) is 0 Å². The van der Waals surface area contributed by atoms with Crippen LogP contribution in [0, 0.1) is 0 Å². The molecule has 0 aliphatic carbocycles. The first-order valence-corrected chi connectivity index (χ1v) is 5.84. The monoisotopic (exact) mass is 229 g/mol. The first-order valence-electron chi connectivity index (χ1n) is 4.68. The van der Waals surface area contributed by atoms with Gasteiger partial charge in [0.2, 0.25) is 0 Å². The molecule has 0 aromatic carbocycles. The van der Waals surface area contributed by atoms with Crippen molar-refractivity contribution < 1.29 is 9.90 Å². The lowest BCUT2D eigenvalue weighted by Gasteiger charge is -2.03. The SMILES string of the molecule is Cn1ncc(C(=O)O)c1CSCCCN. The summed E-state index contributed by atoms with van der Waals surface area (Å²) in [6.07, 6.45) is 2.34. The number of aromatic nitrogens is 2. The lowest BCUT2D eigenvalue weighted by molar-refractivity contribution is 0.0696. The lowest BCUT2D eigenvalue weighted by Crippen LogP contribution is -2.04. The third-order valence-corrected chi connectivity index (χ3v) is 3.08. The summed E-state index contributed by atoms with van der Waals surface area (Å²) < 4.78 is 1.61. The Morgan fingerprint density at radius 1 is 1.73 bits per heavy atom. The second kappa shape index (κ2) is 5.77. The largest absolute Gasteiger partial charge is 0.478 e. The summed E-state index contributed by atoms with van der Waals surface area (Å²) in [7, 11) is 1.76. The zero-order chi connectivity index (χ0) is 11.3. The van der Waals surface area contributed by atoms with Crippen molar-refractivity contribution in [1.29, 1.82) is 0 Å². The number of carboxylic acid groups (broad SMARTS) is 1. The molecule has 1 rings (SSSR count). The number of nitrogens with two attached hydrogens (primary N) is 1. The fourth-order valence-corrected chi connectivity index (χ4v) is 2.22. The maximum Gasteiger partial charge on any atom is 0.339 e. The van der Waals surface area contributed by atoms with Crippen LogP contribution in [0.3, 0.4) is 0 Å². The van der Waals surface area contributed by atoms with E-state index < -0.39 is 5.97 Å². The quantitative estimate of drug-likeness (QED) is 0.702. The number of carbonyl (C=O) groups is 1. The highest BCUT2D eigenvalue weighted by molar-refractivity contribution is 7.98. The Morgan fingerprint density at radius 2 is 2.47 bits per heavy atom. The van der Waals surface area contributed by atoms with Gasteiger partial charge in [-0.05, 0) is 18.7 Å². The van der Waals surface area contributed by atoms with E-state index in [1.165, 1.54) is 6.20 Å². The molecule has 6 heteroatoms. The molecule has 0 radical (unpaired) electrons. The van der Waals surface area contributed by atoms with E-state index in [1.54, 1.807) is 23.5 Å². The zero-order valence-corrected chi connectivity index (χ0v) is 9.46. The predicted molar refractivity (Wildman–Crippen MR) is 60.0 cm³/mol. The predicted octanol–water partition coefficient (Wildman–Crippen LogP) is 0.700. The van der Waals surface area contributed by atoms with Crippen molar-refractivity contribution in [3.05, 3.63) is 17.5 Å². The molecule has 0 aliphatic heterocycles. The maximum absolute atomic E-state index is 10.8. The molecule has 1 aromatic heterocycles. The molecule has 0 fully saturated rings. The minimum Gasteiger partial charge on any atom is -0.478 e. The van der Waals surface area contributed by atoms with Gasteiger partial charge in [0.1, 0.15) is 5.56 Å². The molecular weight excluding hydrogens is 214 g/mol. The van der Waals surface area contributed by atoms with Crippen LogP contribution >= 0.6 is 11.8 Å².